The van der Waals surface area contributed by atoms with Gasteiger partial charge in [0.05, 0.1) is 18.5 Å². The molecule has 3 N–H and O–H groups in total. The number of benzene rings is 1. The Morgan fingerprint density at radius 1 is 1.22 bits per heavy atom. The zero-order valence-electron chi connectivity index (χ0n) is 12.6. The SMILES string of the molecule is CCOC(=O)[C@H](CC(N)=O)NC(=O)c1ccc2ccccc2n1. The summed E-state index contributed by atoms with van der Waals surface area (Å²) in [5.74, 6) is -2.00. The lowest BCUT2D eigenvalue weighted by atomic mass is 10.1. The van der Waals surface area contributed by atoms with Gasteiger partial charge in [-0.2, -0.15) is 0 Å². The number of nitrogens with one attached hydrogen (secondary N) is 1. The highest BCUT2D eigenvalue weighted by molar-refractivity contribution is 5.98. The molecule has 7 nitrogen and oxygen atoms in total. The fourth-order valence-corrected chi connectivity index (χ4v) is 2.06. The number of nitrogens with two attached hydrogens (primary N) is 1. The molecule has 1 atom stereocenters. The van der Waals surface area contributed by atoms with E-state index in [9.17, 15) is 14.4 Å². The Morgan fingerprint density at radius 2 is 1.96 bits per heavy atom. The van der Waals surface area contributed by atoms with E-state index in [1.54, 1.807) is 25.1 Å². The number of carbonyl (C=O) groups is 3. The number of pyridine rings is 1. The van der Waals surface area contributed by atoms with Crippen LogP contribution in [0.1, 0.15) is 23.8 Å². The highest BCUT2D eigenvalue weighted by atomic mass is 16.5. The molecular formula is C16H17N3O4. The van der Waals surface area contributed by atoms with Gasteiger partial charge in [-0.25, -0.2) is 9.78 Å². The molecule has 1 heterocycles. The van der Waals surface area contributed by atoms with Crippen LogP contribution in [0.15, 0.2) is 36.4 Å². The third-order valence-corrected chi connectivity index (χ3v) is 3.11. The predicted molar refractivity (Wildman–Crippen MR) is 83.4 cm³/mol. The van der Waals surface area contributed by atoms with Gasteiger partial charge < -0.3 is 15.8 Å². The van der Waals surface area contributed by atoms with Crippen LogP contribution in [0.2, 0.25) is 0 Å². The number of nitrogens with zero attached hydrogens (tertiary/aromatic N) is 1. The summed E-state index contributed by atoms with van der Waals surface area (Å²) >= 11 is 0. The summed E-state index contributed by atoms with van der Waals surface area (Å²) in [6.45, 7) is 1.77. The Hall–Kier alpha value is -2.96. The van der Waals surface area contributed by atoms with E-state index >= 15 is 0 Å². The molecule has 7 heteroatoms. The van der Waals surface area contributed by atoms with E-state index in [-0.39, 0.29) is 18.7 Å². The van der Waals surface area contributed by atoms with Crippen LogP contribution < -0.4 is 11.1 Å². The summed E-state index contributed by atoms with van der Waals surface area (Å²) in [4.78, 5) is 39.3. The minimum Gasteiger partial charge on any atom is -0.464 e. The average Bonchev–Trinajstić information content (AvgIpc) is 2.53. The first-order valence-corrected chi connectivity index (χ1v) is 7.13. The molecule has 2 amide bonds. The first-order valence-electron chi connectivity index (χ1n) is 7.13. The van der Waals surface area contributed by atoms with Crippen molar-refractivity contribution in [2.75, 3.05) is 6.61 Å². The summed E-state index contributed by atoms with van der Waals surface area (Å²) in [6, 6.07) is 9.50. The van der Waals surface area contributed by atoms with E-state index in [1.807, 2.05) is 18.2 Å². The van der Waals surface area contributed by atoms with Gasteiger partial charge >= 0.3 is 5.97 Å². The van der Waals surface area contributed by atoms with Gasteiger partial charge in [-0.1, -0.05) is 24.3 Å². The van der Waals surface area contributed by atoms with E-state index in [4.69, 9.17) is 10.5 Å². The van der Waals surface area contributed by atoms with Crippen LogP contribution in [0.3, 0.4) is 0 Å². The highest BCUT2D eigenvalue weighted by Crippen LogP contribution is 2.12. The standard InChI is InChI=1S/C16H17N3O4/c1-2-23-16(22)13(9-14(17)20)19-15(21)12-8-7-10-5-3-4-6-11(10)18-12/h3-8,13H,2,9H2,1H3,(H2,17,20)(H,19,21)/t13-/m0/s1. The molecule has 0 radical (unpaired) electrons. The molecule has 0 bridgehead atoms. The molecule has 120 valence electrons. The number of amides is 2. The van der Waals surface area contributed by atoms with Crippen molar-refractivity contribution in [3.63, 3.8) is 0 Å². The summed E-state index contributed by atoms with van der Waals surface area (Å²) in [5, 5.41) is 3.33. The fourth-order valence-electron chi connectivity index (χ4n) is 2.06. The summed E-state index contributed by atoms with van der Waals surface area (Å²) in [5.41, 5.74) is 5.90. The van der Waals surface area contributed by atoms with Crippen molar-refractivity contribution >= 4 is 28.7 Å². The average molecular weight is 315 g/mol. The number of esters is 1. The van der Waals surface area contributed by atoms with E-state index in [1.165, 1.54) is 0 Å². The normalized spacial score (nSPS) is 11.7. The summed E-state index contributed by atoms with van der Waals surface area (Å²) < 4.78 is 4.83. The van der Waals surface area contributed by atoms with Crippen molar-refractivity contribution < 1.29 is 19.1 Å². The Morgan fingerprint density at radius 3 is 2.65 bits per heavy atom. The molecule has 23 heavy (non-hydrogen) atoms. The Bertz CT molecular complexity index is 745. The van der Waals surface area contributed by atoms with E-state index < -0.39 is 23.8 Å². The van der Waals surface area contributed by atoms with Crippen molar-refractivity contribution in [3.05, 3.63) is 42.1 Å². The second-order valence-electron chi connectivity index (χ2n) is 4.84. The molecule has 0 aliphatic carbocycles. The summed E-state index contributed by atoms with van der Waals surface area (Å²) in [7, 11) is 0. The number of ether oxygens (including phenoxy) is 1. The maximum absolute atomic E-state index is 12.3. The van der Waals surface area contributed by atoms with E-state index in [2.05, 4.69) is 10.3 Å². The second-order valence-corrected chi connectivity index (χ2v) is 4.84. The third kappa shape index (κ3) is 4.26. The number of primary amides is 1. The van der Waals surface area contributed by atoms with Crippen molar-refractivity contribution in [1.29, 1.82) is 0 Å². The Labute approximate surface area is 132 Å². The first-order chi connectivity index (χ1) is 11.0. The Balaban J connectivity index is 2.18. The zero-order valence-corrected chi connectivity index (χ0v) is 12.6. The number of hydrogen-bond acceptors (Lipinski definition) is 5. The van der Waals surface area contributed by atoms with Gasteiger partial charge in [0.25, 0.3) is 5.91 Å². The molecule has 2 rings (SSSR count). The lowest BCUT2D eigenvalue weighted by molar-refractivity contribution is -0.146. The molecule has 0 aliphatic rings. The minimum atomic E-state index is -1.13. The number of aromatic nitrogens is 1. The molecule has 1 aromatic heterocycles. The van der Waals surface area contributed by atoms with Gasteiger partial charge in [0.1, 0.15) is 11.7 Å². The molecule has 0 saturated carbocycles. The first kappa shape index (κ1) is 16.4. The van der Waals surface area contributed by atoms with Gasteiger partial charge in [0.15, 0.2) is 0 Å². The van der Waals surface area contributed by atoms with Gasteiger partial charge in [0.2, 0.25) is 5.91 Å². The van der Waals surface area contributed by atoms with Crippen molar-refractivity contribution in [1.82, 2.24) is 10.3 Å². The lowest BCUT2D eigenvalue weighted by Crippen LogP contribution is -2.44. The molecule has 0 aliphatic heterocycles. The molecule has 0 fully saturated rings. The number of rotatable bonds is 6. The van der Waals surface area contributed by atoms with Gasteiger partial charge in [-0.05, 0) is 19.1 Å². The van der Waals surface area contributed by atoms with E-state index in [0.717, 1.165) is 5.39 Å². The summed E-state index contributed by atoms with van der Waals surface area (Å²) in [6.07, 6.45) is -0.335. The van der Waals surface area contributed by atoms with Crippen LogP contribution >= 0.6 is 0 Å². The van der Waals surface area contributed by atoms with Gasteiger partial charge in [-0.15, -0.1) is 0 Å². The zero-order chi connectivity index (χ0) is 16.8. The van der Waals surface area contributed by atoms with Crippen molar-refractivity contribution in [3.8, 4) is 0 Å². The number of carbonyl (C=O) groups excluding carboxylic acids is 3. The van der Waals surface area contributed by atoms with Crippen LogP contribution in [0.4, 0.5) is 0 Å². The number of hydrogen-bond donors (Lipinski definition) is 2. The monoisotopic (exact) mass is 315 g/mol. The second kappa shape index (κ2) is 7.35. The maximum Gasteiger partial charge on any atom is 0.329 e. The largest absolute Gasteiger partial charge is 0.464 e. The van der Waals surface area contributed by atoms with Crippen molar-refractivity contribution in [2.24, 2.45) is 5.73 Å². The fraction of sp³-hybridized carbons (Fsp3) is 0.250. The van der Waals surface area contributed by atoms with Crippen LogP contribution in [0.25, 0.3) is 10.9 Å². The molecule has 2 aromatic rings. The third-order valence-electron chi connectivity index (χ3n) is 3.11. The molecule has 1 aromatic carbocycles. The smallest absolute Gasteiger partial charge is 0.329 e. The minimum absolute atomic E-state index is 0.137. The van der Waals surface area contributed by atoms with Gasteiger partial charge in [0, 0.05) is 5.39 Å². The van der Waals surface area contributed by atoms with Gasteiger partial charge in [-0.3, -0.25) is 9.59 Å². The topological polar surface area (TPSA) is 111 Å². The quantitative estimate of drug-likeness (QED) is 0.765. The molecule has 0 spiro atoms. The maximum atomic E-state index is 12.3. The molecule has 0 saturated heterocycles. The Kier molecular flexibility index (Phi) is 5.24. The number of fused-ring (bicyclic) bond motifs is 1. The van der Waals surface area contributed by atoms with Crippen LogP contribution in [0.5, 0.6) is 0 Å². The molecule has 0 unspecified atom stereocenters. The molecular weight excluding hydrogens is 298 g/mol. The predicted octanol–water partition coefficient (Wildman–Crippen LogP) is 0.772. The van der Waals surface area contributed by atoms with Crippen LogP contribution in [-0.2, 0) is 14.3 Å². The van der Waals surface area contributed by atoms with Crippen LogP contribution in [0, 0.1) is 0 Å². The number of para-hydroxylation sites is 1. The highest BCUT2D eigenvalue weighted by Gasteiger charge is 2.25. The lowest BCUT2D eigenvalue weighted by Gasteiger charge is -2.15. The van der Waals surface area contributed by atoms with Crippen molar-refractivity contribution in [2.45, 2.75) is 19.4 Å². The van der Waals surface area contributed by atoms with E-state index in [0.29, 0.717) is 5.52 Å². The van der Waals surface area contributed by atoms with Crippen LogP contribution in [-0.4, -0.2) is 35.4 Å².